The summed E-state index contributed by atoms with van der Waals surface area (Å²) in [5.41, 5.74) is 0. The zero-order valence-corrected chi connectivity index (χ0v) is 16.3. The molecule has 0 saturated carbocycles. The third-order valence-corrected chi connectivity index (χ3v) is 6.09. The topological polar surface area (TPSA) is 79.0 Å². The van der Waals surface area contributed by atoms with Crippen LogP contribution in [0.5, 0.6) is 5.75 Å². The lowest BCUT2D eigenvalue weighted by Gasteiger charge is -2.24. The molecule has 2 rings (SSSR count). The number of hydrogen-bond donors (Lipinski definition) is 1. The summed E-state index contributed by atoms with van der Waals surface area (Å²) < 4.78 is 46.3. The molecule has 26 heavy (non-hydrogen) atoms. The largest absolute Gasteiger partial charge is 0.484 e. The highest BCUT2D eigenvalue weighted by Gasteiger charge is 2.39. The second-order valence-corrected chi connectivity index (χ2v) is 8.88. The van der Waals surface area contributed by atoms with E-state index in [-0.39, 0.29) is 36.2 Å². The molecule has 0 radical (unpaired) electrons. The Hall–Kier alpha value is -1.71. The van der Waals surface area contributed by atoms with Gasteiger partial charge in [-0.15, -0.1) is 0 Å². The maximum Gasteiger partial charge on any atom is 0.279 e. The first-order valence-electron chi connectivity index (χ1n) is 8.46. The van der Waals surface area contributed by atoms with Gasteiger partial charge in [0.15, 0.2) is 6.61 Å². The van der Waals surface area contributed by atoms with E-state index >= 15 is 0 Å². The molecule has 0 aromatic heterocycles. The van der Waals surface area contributed by atoms with Crippen LogP contribution in [0.4, 0.5) is 4.39 Å². The zero-order valence-electron chi connectivity index (χ0n) is 15.5. The molecule has 0 spiro atoms. The number of carbonyl (C=O) groups is 1. The van der Waals surface area contributed by atoms with Crippen LogP contribution in [0, 0.1) is 17.7 Å². The standard InChI is InChI=1S/C17H26FN3O4S/c1-12(2)15-9-21(10-16(15)19-26(23,24)20(3)4)17(22)11-25-14-7-5-13(18)6-8-14/h5-8,12,15-16,19H,9-11H2,1-4H3/t15-,16+/m0/s1. The molecule has 0 unspecified atom stereocenters. The highest BCUT2D eigenvalue weighted by molar-refractivity contribution is 7.87. The fraction of sp³-hybridized carbons (Fsp3) is 0.588. The van der Waals surface area contributed by atoms with E-state index in [0.717, 1.165) is 4.31 Å². The number of carbonyl (C=O) groups excluding carboxylic acids is 1. The van der Waals surface area contributed by atoms with Crippen molar-refractivity contribution < 1.29 is 22.3 Å². The molecule has 1 saturated heterocycles. The molecule has 146 valence electrons. The first-order chi connectivity index (χ1) is 12.1. The fourth-order valence-corrected chi connectivity index (χ4v) is 3.74. The molecular weight excluding hydrogens is 361 g/mol. The summed E-state index contributed by atoms with van der Waals surface area (Å²) in [6.45, 7) is 4.59. The van der Waals surface area contributed by atoms with Crippen molar-refractivity contribution in [2.75, 3.05) is 33.8 Å². The monoisotopic (exact) mass is 387 g/mol. The van der Waals surface area contributed by atoms with Gasteiger partial charge in [-0.1, -0.05) is 13.8 Å². The SMILES string of the molecule is CC(C)[C@@H]1CN(C(=O)COc2ccc(F)cc2)C[C@H]1NS(=O)(=O)N(C)C. The lowest BCUT2D eigenvalue weighted by Crippen LogP contribution is -2.47. The van der Waals surface area contributed by atoms with Crippen molar-refractivity contribution in [3.8, 4) is 5.75 Å². The van der Waals surface area contributed by atoms with Crippen molar-refractivity contribution in [3.63, 3.8) is 0 Å². The van der Waals surface area contributed by atoms with E-state index in [2.05, 4.69) is 4.72 Å². The van der Waals surface area contributed by atoms with Gasteiger partial charge in [-0.2, -0.15) is 17.4 Å². The van der Waals surface area contributed by atoms with Crippen LogP contribution in [0.2, 0.25) is 0 Å². The third kappa shape index (κ3) is 5.15. The molecule has 1 N–H and O–H groups in total. The summed E-state index contributed by atoms with van der Waals surface area (Å²) in [6.07, 6.45) is 0. The van der Waals surface area contributed by atoms with Crippen molar-refractivity contribution in [1.82, 2.24) is 13.9 Å². The van der Waals surface area contributed by atoms with Crippen molar-refractivity contribution >= 4 is 16.1 Å². The molecule has 1 fully saturated rings. The molecule has 9 heteroatoms. The minimum absolute atomic E-state index is 0.0134. The second-order valence-electron chi connectivity index (χ2n) is 6.96. The van der Waals surface area contributed by atoms with E-state index in [1.165, 1.54) is 38.4 Å². The number of benzene rings is 1. The lowest BCUT2D eigenvalue weighted by atomic mass is 9.92. The Bertz CT molecular complexity index is 722. The van der Waals surface area contributed by atoms with Crippen LogP contribution in [-0.4, -0.2) is 63.4 Å². The summed E-state index contributed by atoms with van der Waals surface area (Å²) >= 11 is 0. The van der Waals surface area contributed by atoms with Gasteiger partial charge < -0.3 is 9.64 Å². The number of nitrogens with zero attached hydrogens (tertiary/aromatic N) is 2. The minimum atomic E-state index is -3.58. The highest BCUT2D eigenvalue weighted by Crippen LogP contribution is 2.25. The molecule has 0 bridgehead atoms. The van der Waals surface area contributed by atoms with E-state index in [9.17, 15) is 17.6 Å². The predicted molar refractivity (Wildman–Crippen MR) is 96.3 cm³/mol. The predicted octanol–water partition coefficient (Wildman–Crippen LogP) is 1.08. The van der Waals surface area contributed by atoms with Gasteiger partial charge in [0.05, 0.1) is 0 Å². The zero-order chi connectivity index (χ0) is 19.5. The molecule has 1 aliphatic rings. The second kappa shape index (κ2) is 8.32. The summed E-state index contributed by atoms with van der Waals surface area (Å²) in [4.78, 5) is 14.0. The van der Waals surface area contributed by atoms with E-state index < -0.39 is 10.2 Å². The van der Waals surface area contributed by atoms with Crippen LogP contribution < -0.4 is 9.46 Å². The normalized spacial score (nSPS) is 20.8. The van der Waals surface area contributed by atoms with E-state index in [0.29, 0.717) is 18.8 Å². The molecule has 1 aliphatic heterocycles. The molecule has 0 aliphatic carbocycles. The first-order valence-corrected chi connectivity index (χ1v) is 9.90. The highest BCUT2D eigenvalue weighted by atomic mass is 32.2. The van der Waals surface area contributed by atoms with Crippen LogP contribution >= 0.6 is 0 Å². The molecular formula is C17H26FN3O4S. The van der Waals surface area contributed by atoms with Crippen LogP contribution in [0.15, 0.2) is 24.3 Å². The Morgan fingerprint density at radius 2 is 1.92 bits per heavy atom. The number of rotatable bonds is 7. The summed E-state index contributed by atoms with van der Waals surface area (Å²) in [5, 5.41) is 0. The van der Waals surface area contributed by atoms with Crippen LogP contribution in [0.3, 0.4) is 0 Å². The summed E-state index contributed by atoms with van der Waals surface area (Å²) in [6, 6.07) is 5.08. The Morgan fingerprint density at radius 1 is 1.31 bits per heavy atom. The minimum Gasteiger partial charge on any atom is -0.484 e. The Kier molecular flexibility index (Phi) is 6.59. The number of likely N-dealkylation sites (tertiary alicyclic amines) is 1. The van der Waals surface area contributed by atoms with Gasteiger partial charge in [0, 0.05) is 33.2 Å². The number of amides is 1. The van der Waals surface area contributed by atoms with E-state index in [1.807, 2.05) is 13.8 Å². The van der Waals surface area contributed by atoms with Crippen LogP contribution in [0.1, 0.15) is 13.8 Å². The van der Waals surface area contributed by atoms with Gasteiger partial charge in [0.2, 0.25) is 0 Å². The molecule has 1 aromatic rings. The average Bonchev–Trinajstić information content (AvgIpc) is 2.97. The Morgan fingerprint density at radius 3 is 2.46 bits per heavy atom. The maximum absolute atomic E-state index is 12.9. The van der Waals surface area contributed by atoms with Crippen molar-refractivity contribution in [2.45, 2.75) is 19.9 Å². The number of nitrogens with one attached hydrogen (secondary N) is 1. The summed E-state index contributed by atoms with van der Waals surface area (Å²) in [5.74, 6) is 0.0231. The van der Waals surface area contributed by atoms with Crippen molar-refractivity contribution in [1.29, 1.82) is 0 Å². The summed E-state index contributed by atoms with van der Waals surface area (Å²) in [7, 11) is -0.659. The van der Waals surface area contributed by atoms with Crippen LogP contribution in [0.25, 0.3) is 0 Å². The van der Waals surface area contributed by atoms with Gasteiger partial charge in [0.1, 0.15) is 11.6 Å². The van der Waals surface area contributed by atoms with Crippen LogP contribution in [-0.2, 0) is 15.0 Å². The van der Waals surface area contributed by atoms with Gasteiger partial charge in [-0.05, 0) is 36.1 Å². The van der Waals surface area contributed by atoms with E-state index in [4.69, 9.17) is 4.74 Å². The number of ether oxygens (including phenoxy) is 1. The fourth-order valence-electron chi connectivity index (χ4n) is 2.90. The maximum atomic E-state index is 12.9. The molecule has 2 atom stereocenters. The van der Waals surface area contributed by atoms with Gasteiger partial charge in [-0.25, -0.2) is 4.39 Å². The number of hydrogen-bond acceptors (Lipinski definition) is 4. The van der Waals surface area contributed by atoms with Gasteiger partial charge in [-0.3, -0.25) is 4.79 Å². The van der Waals surface area contributed by atoms with Crippen molar-refractivity contribution in [3.05, 3.63) is 30.1 Å². The lowest BCUT2D eigenvalue weighted by molar-refractivity contribution is -0.132. The Balaban J connectivity index is 1.99. The van der Waals surface area contributed by atoms with Crippen molar-refractivity contribution in [2.24, 2.45) is 11.8 Å². The average molecular weight is 387 g/mol. The molecule has 1 amide bonds. The quantitative estimate of drug-likeness (QED) is 0.760. The van der Waals surface area contributed by atoms with E-state index in [1.54, 1.807) is 4.90 Å². The molecule has 1 heterocycles. The first kappa shape index (κ1) is 20.6. The smallest absolute Gasteiger partial charge is 0.279 e. The van der Waals surface area contributed by atoms with Gasteiger partial charge >= 0.3 is 0 Å². The molecule has 1 aromatic carbocycles. The third-order valence-electron chi connectivity index (χ3n) is 4.53. The van der Waals surface area contributed by atoms with Gasteiger partial charge in [0.25, 0.3) is 16.1 Å². The number of halogens is 1. The Labute approximate surface area is 154 Å². The molecule has 7 nitrogen and oxygen atoms in total.